The molecule has 0 unspecified atom stereocenters. The van der Waals surface area contributed by atoms with Crippen molar-refractivity contribution in [1.82, 2.24) is 0 Å². The summed E-state index contributed by atoms with van der Waals surface area (Å²) in [6.07, 6.45) is 5.18. The van der Waals surface area contributed by atoms with E-state index in [0.717, 1.165) is 11.9 Å². The number of carbonyl (C=O) groups excluding carboxylic acids is 4. The van der Waals surface area contributed by atoms with Crippen LogP contribution in [-0.4, -0.2) is 44.3 Å². The Bertz CT molecular complexity index is 1100. The Kier molecular flexibility index (Phi) is 5.94. The summed E-state index contributed by atoms with van der Waals surface area (Å²) < 4.78 is 17.1. The van der Waals surface area contributed by atoms with Crippen LogP contribution in [0, 0.1) is 38.9 Å². The number of Topliss-reactive ketones (excluding diaryl/α,β-unsaturated/α-hetero) is 1. The molecule has 0 radical (unpaired) electrons. The molecular formula is C29H40O7. The van der Waals surface area contributed by atoms with Gasteiger partial charge in [-0.15, -0.1) is 0 Å². The standard InChI is InChI=1S/C29H40O7/c1-16-14-20-26(6,29(24(33)35-9)23(34-8)17(2)22(32)27(16,29)7)12-10-19-25(4,5)21(36-18(3)31)11-13-28(19,20)15-30/h14-15,19-21H,10-13H2,1-9H3/t19-,20-,21-,26-,27-,28-,29+/m0/s1. The number of ether oxygens (including phenoxy) is 3. The van der Waals surface area contributed by atoms with Crippen LogP contribution in [0.3, 0.4) is 0 Å². The Labute approximate surface area is 214 Å². The molecule has 0 amide bonds. The lowest BCUT2D eigenvalue weighted by Crippen LogP contribution is -2.70. The number of esters is 2. The number of hydrogen-bond donors (Lipinski definition) is 0. The van der Waals surface area contributed by atoms with Gasteiger partial charge in [0.2, 0.25) is 0 Å². The number of rotatable bonds is 4. The van der Waals surface area contributed by atoms with Crippen molar-refractivity contribution in [3.05, 3.63) is 23.0 Å². The van der Waals surface area contributed by atoms with Gasteiger partial charge in [-0.05, 0) is 63.7 Å². The van der Waals surface area contributed by atoms with Crippen molar-refractivity contribution in [3.63, 3.8) is 0 Å². The first-order valence-electron chi connectivity index (χ1n) is 12.9. The van der Waals surface area contributed by atoms with Gasteiger partial charge in [-0.2, -0.15) is 0 Å². The van der Waals surface area contributed by atoms with E-state index < -0.39 is 33.0 Å². The van der Waals surface area contributed by atoms with Crippen LogP contribution < -0.4 is 0 Å². The van der Waals surface area contributed by atoms with Crippen LogP contribution in [0.1, 0.15) is 74.1 Å². The molecule has 7 nitrogen and oxygen atoms in total. The summed E-state index contributed by atoms with van der Waals surface area (Å²) in [5.74, 6) is -1.02. The quantitative estimate of drug-likeness (QED) is 0.317. The van der Waals surface area contributed by atoms with Crippen LogP contribution in [-0.2, 0) is 33.4 Å². The molecule has 0 aromatic heterocycles. The number of carbonyl (C=O) groups is 4. The van der Waals surface area contributed by atoms with E-state index in [0.29, 0.717) is 37.0 Å². The lowest BCUT2D eigenvalue weighted by molar-refractivity contribution is -0.218. The molecule has 0 aromatic carbocycles. The SMILES string of the molecule is COC(=O)[C@@]12C(OC)=C(C)C(=O)[C@]1(C)C(C)=C[C@@H]1[C@]3(C=O)CC[C@H](OC(C)=O)C(C)(C)[C@@H]3CC[C@@]12C. The van der Waals surface area contributed by atoms with E-state index >= 15 is 0 Å². The van der Waals surface area contributed by atoms with E-state index in [1.165, 1.54) is 21.1 Å². The second-order valence-electron chi connectivity index (χ2n) is 12.4. The highest BCUT2D eigenvalue weighted by Crippen LogP contribution is 2.77. The maximum atomic E-state index is 14.0. The molecule has 198 valence electrons. The highest BCUT2D eigenvalue weighted by atomic mass is 16.5. The molecule has 0 aromatic rings. The van der Waals surface area contributed by atoms with E-state index in [9.17, 15) is 19.2 Å². The van der Waals surface area contributed by atoms with E-state index in [1.807, 2.05) is 20.8 Å². The predicted molar refractivity (Wildman–Crippen MR) is 132 cm³/mol. The summed E-state index contributed by atoms with van der Waals surface area (Å²) in [7, 11) is 2.85. The van der Waals surface area contributed by atoms with Crippen molar-refractivity contribution in [2.24, 2.45) is 38.9 Å². The van der Waals surface area contributed by atoms with Crippen LogP contribution in [0.25, 0.3) is 0 Å². The highest BCUT2D eigenvalue weighted by Gasteiger charge is 2.80. The van der Waals surface area contributed by atoms with Gasteiger partial charge in [0.1, 0.15) is 23.6 Å². The summed E-state index contributed by atoms with van der Waals surface area (Å²) in [6.45, 7) is 13.0. The first-order valence-corrected chi connectivity index (χ1v) is 12.9. The average Bonchev–Trinajstić information content (AvgIpc) is 3.01. The van der Waals surface area contributed by atoms with Crippen molar-refractivity contribution in [1.29, 1.82) is 0 Å². The number of allylic oxidation sites excluding steroid dienone is 3. The normalized spacial score (nSPS) is 43.0. The lowest BCUT2D eigenvalue weighted by Gasteiger charge is -2.68. The van der Waals surface area contributed by atoms with E-state index in [2.05, 4.69) is 19.9 Å². The van der Waals surface area contributed by atoms with Gasteiger partial charge in [0.05, 0.1) is 19.6 Å². The number of aldehydes is 1. The van der Waals surface area contributed by atoms with Crippen molar-refractivity contribution in [3.8, 4) is 0 Å². The van der Waals surface area contributed by atoms with Crippen molar-refractivity contribution in [2.75, 3.05) is 14.2 Å². The summed E-state index contributed by atoms with van der Waals surface area (Å²) >= 11 is 0. The number of hydrogen-bond acceptors (Lipinski definition) is 7. The van der Waals surface area contributed by atoms with Gasteiger partial charge in [-0.25, -0.2) is 0 Å². The first-order chi connectivity index (χ1) is 16.7. The van der Waals surface area contributed by atoms with Gasteiger partial charge >= 0.3 is 11.9 Å². The Hall–Kier alpha value is -2.44. The number of methoxy groups -OCH3 is 2. The van der Waals surface area contributed by atoms with Gasteiger partial charge in [-0.3, -0.25) is 14.4 Å². The van der Waals surface area contributed by atoms with Crippen LogP contribution in [0.5, 0.6) is 0 Å². The third kappa shape index (κ3) is 2.70. The molecule has 4 rings (SSSR count). The molecule has 0 spiro atoms. The van der Waals surface area contributed by atoms with Crippen LogP contribution in [0.2, 0.25) is 0 Å². The fourth-order valence-electron chi connectivity index (χ4n) is 9.30. The first kappa shape index (κ1) is 26.6. The molecule has 0 N–H and O–H groups in total. The molecule has 2 saturated carbocycles. The maximum Gasteiger partial charge on any atom is 0.321 e. The van der Waals surface area contributed by atoms with E-state index in [1.54, 1.807) is 6.92 Å². The Morgan fingerprint density at radius 3 is 2.22 bits per heavy atom. The second kappa shape index (κ2) is 8.03. The summed E-state index contributed by atoms with van der Waals surface area (Å²) in [4.78, 5) is 53.0. The third-order valence-electron chi connectivity index (χ3n) is 10.9. The Morgan fingerprint density at radius 1 is 1.06 bits per heavy atom. The predicted octanol–water partition coefficient (Wildman–Crippen LogP) is 4.58. The molecule has 4 aliphatic rings. The third-order valence-corrected chi connectivity index (χ3v) is 10.9. The van der Waals surface area contributed by atoms with Crippen LogP contribution in [0.4, 0.5) is 0 Å². The van der Waals surface area contributed by atoms with Crippen molar-refractivity contribution >= 4 is 24.0 Å². The zero-order valence-electron chi connectivity index (χ0n) is 23.1. The molecule has 0 heterocycles. The summed E-state index contributed by atoms with van der Waals surface area (Å²) in [5, 5.41) is 0. The Balaban J connectivity index is 2.02. The maximum absolute atomic E-state index is 14.0. The highest BCUT2D eigenvalue weighted by molar-refractivity contribution is 6.11. The number of ketones is 1. The molecule has 0 bridgehead atoms. The van der Waals surface area contributed by atoms with Crippen LogP contribution in [0.15, 0.2) is 23.0 Å². The molecular weight excluding hydrogens is 460 g/mol. The molecule has 7 heteroatoms. The van der Waals surface area contributed by atoms with Crippen molar-refractivity contribution < 1.29 is 33.4 Å². The van der Waals surface area contributed by atoms with Gasteiger partial charge in [-0.1, -0.05) is 32.4 Å². The molecule has 4 aliphatic carbocycles. The zero-order chi connectivity index (χ0) is 27.1. The van der Waals surface area contributed by atoms with Gasteiger partial charge in [0.15, 0.2) is 5.78 Å². The fraction of sp³-hybridized carbons (Fsp3) is 0.724. The smallest absolute Gasteiger partial charge is 0.321 e. The summed E-state index contributed by atoms with van der Waals surface area (Å²) in [5.41, 5.74) is -3.46. The molecule has 7 atom stereocenters. The topological polar surface area (TPSA) is 96.0 Å². The van der Waals surface area contributed by atoms with Crippen molar-refractivity contribution in [2.45, 2.75) is 80.3 Å². The minimum Gasteiger partial charge on any atom is -0.499 e. The van der Waals surface area contributed by atoms with Gasteiger partial charge in [0.25, 0.3) is 0 Å². The minimum absolute atomic E-state index is 0.0741. The zero-order valence-corrected chi connectivity index (χ0v) is 23.1. The minimum atomic E-state index is -1.40. The van der Waals surface area contributed by atoms with Gasteiger partial charge in [0, 0.05) is 23.3 Å². The fourth-order valence-corrected chi connectivity index (χ4v) is 9.30. The number of fused-ring (bicyclic) bond motifs is 5. The van der Waals surface area contributed by atoms with E-state index in [4.69, 9.17) is 14.2 Å². The molecule has 2 fully saturated rings. The van der Waals surface area contributed by atoms with Crippen LogP contribution >= 0.6 is 0 Å². The molecule has 0 saturated heterocycles. The van der Waals surface area contributed by atoms with E-state index in [-0.39, 0.29) is 29.7 Å². The molecule has 36 heavy (non-hydrogen) atoms. The molecule has 0 aliphatic heterocycles. The Morgan fingerprint density at radius 2 is 1.69 bits per heavy atom. The second-order valence-corrected chi connectivity index (χ2v) is 12.4. The lowest BCUT2D eigenvalue weighted by atomic mass is 9.33. The monoisotopic (exact) mass is 500 g/mol. The summed E-state index contributed by atoms with van der Waals surface area (Å²) in [6, 6.07) is 0. The van der Waals surface area contributed by atoms with Gasteiger partial charge < -0.3 is 19.0 Å². The largest absolute Gasteiger partial charge is 0.499 e. The average molecular weight is 501 g/mol.